The molecule has 0 saturated heterocycles. The van der Waals surface area contributed by atoms with Crippen LogP contribution in [-0.4, -0.2) is 29.6 Å². The molecule has 0 bridgehead atoms. The van der Waals surface area contributed by atoms with Crippen LogP contribution in [0.2, 0.25) is 0 Å². The second-order valence-corrected chi connectivity index (χ2v) is 11.0. The number of anilines is 1. The van der Waals surface area contributed by atoms with Crippen LogP contribution >= 0.6 is 11.3 Å². The Morgan fingerprint density at radius 3 is 2.53 bits per heavy atom. The maximum atomic E-state index is 13.9. The zero-order valence-corrected chi connectivity index (χ0v) is 21.7. The summed E-state index contributed by atoms with van der Waals surface area (Å²) in [6, 6.07) is 22.9. The Bertz CT molecular complexity index is 1370. The normalized spacial score (nSPS) is 16.5. The third-order valence-corrected chi connectivity index (χ3v) is 8.78. The van der Waals surface area contributed by atoms with Gasteiger partial charge < -0.3 is 19.7 Å². The molecule has 0 unspecified atom stereocenters. The van der Waals surface area contributed by atoms with E-state index in [-0.39, 0.29) is 12.1 Å². The Balaban J connectivity index is 1.44. The van der Waals surface area contributed by atoms with Gasteiger partial charge in [0.1, 0.15) is 5.00 Å². The summed E-state index contributed by atoms with van der Waals surface area (Å²) in [5, 5.41) is 4.51. The van der Waals surface area contributed by atoms with E-state index in [0.717, 1.165) is 35.3 Å². The fourth-order valence-electron chi connectivity index (χ4n) is 5.57. The first-order chi connectivity index (χ1) is 17.6. The zero-order valence-electron chi connectivity index (χ0n) is 20.9. The van der Waals surface area contributed by atoms with E-state index in [4.69, 9.17) is 0 Å². The van der Waals surface area contributed by atoms with Gasteiger partial charge in [0.25, 0.3) is 0 Å². The van der Waals surface area contributed by atoms with Crippen molar-refractivity contribution in [2.24, 2.45) is 0 Å². The largest absolute Gasteiger partial charge is 0.378 e. The fraction of sp³-hybridized carbons (Fsp3) is 0.300. The Hall–Kier alpha value is -3.51. The molecule has 4 aromatic rings. The minimum absolute atomic E-state index is 0.0306. The molecule has 2 aromatic carbocycles. The van der Waals surface area contributed by atoms with Crippen molar-refractivity contribution in [1.82, 2.24) is 14.8 Å². The number of fused-ring (bicyclic) bond motifs is 5. The summed E-state index contributed by atoms with van der Waals surface area (Å²) >= 11 is 1.92. The summed E-state index contributed by atoms with van der Waals surface area (Å²) < 4.78 is 2.34. The van der Waals surface area contributed by atoms with Gasteiger partial charge in [0.05, 0.1) is 18.3 Å². The van der Waals surface area contributed by atoms with Crippen molar-refractivity contribution in [3.05, 3.63) is 106 Å². The van der Waals surface area contributed by atoms with E-state index in [1.54, 1.807) is 0 Å². The molecule has 1 atom stereocenters. The predicted molar refractivity (Wildman–Crippen MR) is 147 cm³/mol. The van der Waals surface area contributed by atoms with Crippen LogP contribution in [0.3, 0.4) is 0 Å². The first-order valence-electron chi connectivity index (χ1n) is 12.8. The molecule has 0 spiro atoms. The molecule has 5 nitrogen and oxygen atoms in total. The number of hydrogen-bond acceptors (Lipinski definition) is 3. The van der Waals surface area contributed by atoms with Gasteiger partial charge in [0.2, 0.25) is 0 Å². The van der Waals surface area contributed by atoms with E-state index in [1.807, 2.05) is 34.4 Å². The molecule has 2 aliphatic rings. The fourth-order valence-corrected chi connectivity index (χ4v) is 6.97. The average molecular weight is 497 g/mol. The Labute approximate surface area is 217 Å². The van der Waals surface area contributed by atoms with E-state index in [2.05, 4.69) is 83.6 Å². The molecule has 2 aromatic heterocycles. The average Bonchev–Trinajstić information content (AvgIpc) is 3.50. The summed E-state index contributed by atoms with van der Waals surface area (Å²) in [6.07, 6.45) is 6.92. The molecule has 1 aliphatic carbocycles. The maximum absolute atomic E-state index is 13.9. The Morgan fingerprint density at radius 1 is 0.972 bits per heavy atom. The van der Waals surface area contributed by atoms with Gasteiger partial charge >= 0.3 is 6.03 Å². The molecule has 184 valence electrons. The molecule has 36 heavy (non-hydrogen) atoms. The number of aromatic nitrogens is 1. The zero-order chi connectivity index (χ0) is 24.6. The predicted octanol–water partition coefficient (Wildman–Crippen LogP) is 6.30. The third-order valence-electron chi connectivity index (χ3n) is 7.45. The van der Waals surface area contributed by atoms with E-state index in [1.165, 1.54) is 33.8 Å². The smallest absolute Gasteiger partial charge is 0.318 e. The first-order valence-corrected chi connectivity index (χ1v) is 13.6. The van der Waals surface area contributed by atoms with Gasteiger partial charge in [-0.1, -0.05) is 42.5 Å². The number of hydrogen-bond donors (Lipinski definition) is 1. The van der Waals surface area contributed by atoms with Crippen molar-refractivity contribution in [2.45, 2.75) is 44.8 Å². The van der Waals surface area contributed by atoms with Gasteiger partial charge in [-0.15, -0.1) is 11.3 Å². The quantitative estimate of drug-likeness (QED) is 0.360. The minimum Gasteiger partial charge on any atom is -0.378 e. The molecule has 0 radical (unpaired) electrons. The highest BCUT2D eigenvalue weighted by Gasteiger charge is 2.36. The molecule has 1 N–H and O–H groups in total. The summed E-state index contributed by atoms with van der Waals surface area (Å²) in [5.41, 5.74) is 7.32. The van der Waals surface area contributed by atoms with Gasteiger partial charge in [0, 0.05) is 43.0 Å². The molecular formula is C30H32N4OS. The molecule has 0 saturated carbocycles. The number of nitrogens with zero attached hydrogens (tertiary/aromatic N) is 3. The van der Waals surface area contributed by atoms with Gasteiger partial charge in [0.15, 0.2) is 0 Å². The molecule has 0 fully saturated rings. The van der Waals surface area contributed by atoms with Gasteiger partial charge in [-0.05, 0) is 66.6 Å². The molecule has 1 aliphatic heterocycles. The molecule has 6 rings (SSSR count). The van der Waals surface area contributed by atoms with E-state index < -0.39 is 0 Å². The topological polar surface area (TPSA) is 40.5 Å². The lowest BCUT2D eigenvalue weighted by Gasteiger charge is -2.31. The van der Waals surface area contributed by atoms with Crippen LogP contribution in [0.4, 0.5) is 10.5 Å². The van der Waals surface area contributed by atoms with E-state index >= 15 is 0 Å². The third kappa shape index (κ3) is 4.09. The second kappa shape index (κ2) is 9.51. The highest BCUT2D eigenvalue weighted by atomic mass is 32.1. The standard InChI is InChI=1S/C30H32N4OS/c1-32(2)23-16-14-22(15-17-23)28-26-12-8-18-33(26)29-25(24-11-6-7-13-27(24)36-29)20-34(28)30(35)31-19-21-9-4-3-5-10-21/h3-5,8-10,12,14-18,28H,6-7,11,13,19-20H2,1-2H3,(H,31,35)/t28-/m0/s1. The number of urea groups is 1. The number of amides is 2. The van der Waals surface area contributed by atoms with E-state index in [0.29, 0.717) is 13.1 Å². The van der Waals surface area contributed by atoms with Crippen LogP contribution in [0, 0.1) is 0 Å². The Morgan fingerprint density at radius 2 is 1.75 bits per heavy atom. The monoisotopic (exact) mass is 496 g/mol. The van der Waals surface area contributed by atoms with Crippen LogP contribution in [0.5, 0.6) is 0 Å². The van der Waals surface area contributed by atoms with E-state index in [9.17, 15) is 4.79 Å². The summed E-state index contributed by atoms with van der Waals surface area (Å²) in [5.74, 6) is 0. The first kappa shape index (κ1) is 22.9. The van der Waals surface area contributed by atoms with Gasteiger partial charge in [-0.3, -0.25) is 0 Å². The number of thiophene rings is 1. The number of aryl methyl sites for hydroxylation is 1. The number of carbonyl (C=O) groups excluding carboxylic acids is 1. The number of carbonyl (C=O) groups is 1. The highest BCUT2D eigenvalue weighted by molar-refractivity contribution is 7.15. The lowest BCUT2D eigenvalue weighted by molar-refractivity contribution is 0.180. The maximum Gasteiger partial charge on any atom is 0.318 e. The summed E-state index contributed by atoms with van der Waals surface area (Å²) in [4.78, 5) is 19.6. The van der Waals surface area contributed by atoms with Crippen molar-refractivity contribution >= 4 is 23.1 Å². The highest BCUT2D eigenvalue weighted by Crippen LogP contribution is 2.44. The molecule has 6 heteroatoms. The number of benzene rings is 2. The second-order valence-electron chi connectivity index (χ2n) is 9.96. The van der Waals surface area contributed by atoms with Crippen molar-refractivity contribution in [1.29, 1.82) is 0 Å². The Kier molecular flexibility index (Phi) is 6.05. The summed E-state index contributed by atoms with van der Waals surface area (Å²) in [6.45, 7) is 1.13. The van der Waals surface area contributed by atoms with Crippen LogP contribution in [0.15, 0.2) is 72.9 Å². The van der Waals surface area contributed by atoms with Crippen molar-refractivity contribution in [2.75, 3.05) is 19.0 Å². The lowest BCUT2D eigenvalue weighted by Crippen LogP contribution is -2.41. The van der Waals surface area contributed by atoms with Crippen molar-refractivity contribution < 1.29 is 4.79 Å². The van der Waals surface area contributed by atoms with Crippen LogP contribution < -0.4 is 10.2 Å². The summed E-state index contributed by atoms with van der Waals surface area (Å²) in [7, 11) is 4.10. The molecule has 2 amide bonds. The molecular weight excluding hydrogens is 464 g/mol. The molecule has 3 heterocycles. The van der Waals surface area contributed by atoms with Gasteiger partial charge in [-0.2, -0.15) is 0 Å². The van der Waals surface area contributed by atoms with Gasteiger partial charge in [-0.25, -0.2) is 4.79 Å². The van der Waals surface area contributed by atoms with Crippen LogP contribution in [0.1, 0.15) is 51.7 Å². The minimum atomic E-state index is -0.175. The van der Waals surface area contributed by atoms with Crippen LogP contribution in [-0.2, 0) is 25.9 Å². The van der Waals surface area contributed by atoms with Crippen molar-refractivity contribution in [3.63, 3.8) is 0 Å². The lowest BCUT2D eigenvalue weighted by atomic mass is 9.95. The SMILES string of the molecule is CN(C)c1ccc([C@H]2c3cccn3-c3sc4c(c3CN2C(=O)NCc2ccccc2)CCCC4)cc1. The number of rotatable bonds is 4. The van der Waals surface area contributed by atoms with Crippen molar-refractivity contribution in [3.8, 4) is 5.00 Å². The number of nitrogens with one attached hydrogen (secondary N) is 1. The van der Waals surface area contributed by atoms with Crippen LogP contribution in [0.25, 0.3) is 5.00 Å².